The lowest BCUT2D eigenvalue weighted by Gasteiger charge is -2.49. The van der Waals surface area contributed by atoms with Gasteiger partial charge in [-0.05, 0) is 24.7 Å². The molecule has 0 aromatic rings. The van der Waals surface area contributed by atoms with Crippen LogP contribution in [0.3, 0.4) is 0 Å². The van der Waals surface area contributed by atoms with Gasteiger partial charge in [0.25, 0.3) is 5.92 Å². The molecule has 14 heavy (non-hydrogen) atoms. The molecule has 0 aliphatic heterocycles. The lowest BCUT2D eigenvalue weighted by molar-refractivity contribution is -0.193. The molecule has 2 nitrogen and oxygen atoms in total. The molecule has 3 rings (SSSR count). The Hall–Kier alpha value is -0.670. The summed E-state index contributed by atoms with van der Waals surface area (Å²) in [7, 11) is 0. The van der Waals surface area contributed by atoms with Crippen molar-refractivity contribution >= 4 is 5.97 Å². The zero-order valence-electron chi connectivity index (χ0n) is 8.04. The smallest absolute Gasteiger partial charge is 0.307 e. The van der Waals surface area contributed by atoms with Crippen LogP contribution in [0.1, 0.15) is 26.2 Å². The molecule has 0 heterocycles. The summed E-state index contributed by atoms with van der Waals surface area (Å²) in [4.78, 5) is 10.9. The third-order valence-corrected chi connectivity index (χ3v) is 3.95. The Balaban J connectivity index is 2.30. The van der Waals surface area contributed by atoms with E-state index in [2.05, 4.69) is 0 Å². The average molecular weight is 204 g/mol. The molecule has 4 unspecified atom stereocenters. The number of aliphatic carboxylic acids is 1. The van der Waals surface area contributed by atoms with Crippen molar-refractivity contribution in [1.29, 1.82) is 0 Å². The van der Waals surface area contributed by atoms with Gasteiger partial charge in [0.2, 0.25) is 0 Å². The van der Waals surface area contributed by atoms with Crippen LogP contribution in [0.4, 0.5) is 8.78 Å². The first-order valence-corrected chi connectivity index (χ1v) is 5.04. The highest BCUT2D eigenvalue weighted by atomic mass is 19.3. The molecule has 4 heteroatoms. The van der Waals surface area contributed by atoms with Crippen LogP contribution in [-0.2, 0) is 4.79 Å². The van der Waals surface area contributed by atoms with E-state index in [0.29, 0.717) is 6.42 Å². The molecule has 0 saturated heterocycles. The summed E-state index contributed by atoms with van der Waals surface area (Å²) in [6.45, 7) is 1.80. The van der Waals surface area contributed by atoms with E-state index in [1.54, 1.807) is 6.92 Å². The molecule has 3 fully saturated rings. The largest absolute Gasteiger partial charge is 0.481 e. The fourth-order valence-corrected chi connectivity index (χ4v) is 3.16. The van der Waals surface area contributed by atoms with Gasteiger partial charge in [-0.1, -0.05) is 6.92 Å². The topological polar surface area (TPSA) is 37.3 Å². The van der Waals surface area contributed by atoms with Gasteiger partial charge in [-0.25, -0.2) is 8.78 Å². The maximum atomic E-state index is 13.4. The minimum atomic E-state index is -2.75. The standard InChI is InChI=1S/C10H14F2O2/c1-5-6-2-3-7(8(5)9(13)14)10(11,12)4-6/h5-8H,2-4H2,1H3,(H,13,14). The Morgan fingerprint density at radius 3 is 2.50 bits per heavy atom. The van der Waals surface area contributed by atoms with Crippen LogP contribution in [-0.4, -0.2) is 17.0 Å². The van der Waals surface area contributed by atoms with E-state index in [1.807, 2.05) is 0 Å². The maximum absolute atomic E-state index is 13.4. The molecule has 3 saturated carbocycles. The number of hydrogen-bond acceptors (Lipinski definition) is 1. The predicted octanol–water partition coefficient (Wildman–Crippen LogP) is 2.39. The average Bonchev–Trinajstić information content (AvgIpc) is 2.05. The highest BCUT2D eigenvalue weighted by Gasteiger charge is 2.58. The molecule has 3 aliphatic carbocycles. The molecule has 0 aromatic carbocycles. The van der Waals surface area contributed by atoms with Crippen molar-refractivity contribution in [1.82, 2.24) is 0 Å². The van der Waals surface area contributed by atoms with Gasteiger partial charge in [0, 0.05) is 12.3 Å². The number of carboxylic acid groups (broad SMARTS) is 1. The van der Waals surface area contributed by atoms with Crippen LogP contribution in [0.2, 0.25) is 0 Å². The summed E-state index contributed by atoms with van der Waals surface area (Å²) in [5.41, 5.74) is 0. The summed E-state index contributed by atoms with van der Waals surface area (Å²) in [6, 6.07) is 0. The number of carbonyl (C=O) groups is 1. The summed E-state index contributed by atoms with van der Waals surface area (Å²) >= 11 is 0. The summed E-state index contributed by atoms with van der Waals surface area (Å²) < 4.78 is 26.8. The number of rotatable bonds is 1. The van der Waals surface area contributed by atoms with Crippen LogP contribution in [0.5, 0.6) is 0 Å². The molecular weight excluding hydrogens is 190 g/mol. The molecule has 0 spiro atoms. The molecule has 80 valence electrons. The quantitative estimate of drug-likeness (QED) is 0.712. The number of alkyl halides is 2. The van der Waals surface area contributed by atoms with E-state index in [9.17, 15) is 13.6 Å². The van der Waals surface area contributed by atoms with E-state index < -0.39 is 23.7 Å². The normalized spacial score (nSPS) is 45.1. The van der Waals surface area contributed by atoms with Gasteiger partial charge in [-0.15, -0.1) is 0 Å². The Labute approximate surface area is 81.3 Å². The predicted molar refractivity (Wildman–Crippen MR) is 46.1 cm³/mol. The monoisotopic (exact) mass is 204 g/mol. The molecule has 0 aromatic heterocycles. The number of carboxylic acids is 1. The van der Waals surface area contributed by atoms with E-state index in [1.165, 1.54) is 0 Å². The lowest BCUT2D eigenvalue weighted by Crippen LogP contribution is -2.53. The van der Waals surface area contributed by atoms with Crippen LogP contribution in [0.25, 0.3) is 0 Å². The summed E-state index contributed by atoms with van der Waals surface area (Å²) in [5.74, 6) is -5.76. The third kappa shape index (κ3) is 1.23. The fourth-order valence-electron chi connectivity index (χ4n) is 3.16. The molecule has 1 N–H and O–H groups in total. The first kappa shape index (κ1) is 9.87. The lowest BCUT2D eigenvalue weighted by atomic mass is 9.57. The van der Waals surface area contributed by atoms with E-state index in [0.717, 1.165) is 6.42 Å². The second-order valence-electron chi connectivity index (χ2n) is 4.63. The SMILES string of the molecule is CC1C2CCC(C1C(=O)O)C(F)(F)C2. The van der Waals surface area contributed by atoms with Gasteiger partial charge < -0.3 is 5.11 Å². The third-order valence-electron chi connectivity index (χ3n) is 3.95. The molecular formula is C10H14F2O2. The van der Waals surface area contributed by atoms with Crippen LogP contribution < -0.4 is 0 Å². The van der Waals surface area contributed by atoms with Crippen molar-refractivity contribution in [2.24, 2.45) is 23.7 Å². The highest BCUT2D eigenvalue weighted by molar-refractivity contribution is 5.71. The van der Waals surface area contributed by atoms with E-state index in [-0.39, 0.29) is 18.3 Å². The first-order chi connectivity index (χ1) is 6.43. The van der Waals surface area contributed by atoms with Crippen molar-refractivity contribution in [2.45, 2.75) is 32.1 Å². The van der Waals surface area contributed by atoms with Gasteiger partial charge in [0.05, 0.1) is 5.92 Å². The Bertz CT molecular complexity index is 265. The van der Waals surface area contributed by atoms with Crippen molar-refractivity contribution in [3.8, 4) is 0 Å². The van der Waals surface area contributed by atoms with Crippen molar-refractivity contribution < 1.29 is 18.7 Å². The maximum Gasteiger partial charge on any atom is 0.307 e. The molecule has 0 radical (unpaired) electrons. The van der Waals surface area contributed by atoms with Gasteiger partial charge in [0.15, 0.2) is 0 Å². The number of fused-ring (bicyclic) bond motifs is 3. The molecule has 3 aliphatic rings. The summed E-state index contributed by atoms with van der Waals surface area (Å²) in [5, 5.41) is 8.93. The number of halogens is 2. The zero-order chi connectivity index (χ0) is 10.5. The Kier molecular flexibility index (Phi) is 2.05. The van der Waals surface area contributed by atoms with Crippen molar-refractivity contribution in [2.75, 3.05) is 0 Å². The van der Waals surface area contributed by atoms with Gasteiger partial charge in [-0.2, -0.15) is 0 Å². The fraction of sp³-hybridized carbons (Fsp3) is 0.900. The van der Waals surface area contributed by atoms with E-state index in [4.69, 9.17) is 5.11 Å². The van der Waals surface area contributed by atoms with Crippen LogP contribution >= 0.6 is 0 Å². The Morgan fingerprint density at radius 2 is 2.07 bits per heavy atom. The molecule has 4 atom stereocenters. The second-order valence-corrected chi connectivity index (χ2v) is 4.63. The highest BCUT2D eigenvalue weighted by Crippen LogP contribution is 2.55. The summed E-state index contributed by atoms with van der Waals surface area (Å²) in [6.07, 6.45) is 1.03. The van der Waals surface area contributed by atoms with E-state index >= 15 is 0 Å². The van der Waals surface area contributed by atoms with Gasteiger partial charge >= 0.3 is 5.97 Å². The molecule has 0 amide bonds. The van der Waals surface area contributed by atoms with Crippen molar-refractivity contribution in [3.63, 3.8) is 0 Å². The van der Waals surface area contributed by atoms with Gasteiger partial charge in [-0.3, -0.25) is 4.79 Å². The van der Waals surface area contributed by atoms with Gasteiger partial charge in [0.1, 0.15) is 0 Å². The first-order valence-electron chi connectivity index (χ1n) is 5.04. The van der Waals surface area contributed by atoms with Crippen LogP contribution in [0, 0.1) is 23.7 Å². The minimum absolute atomic E-state index is 0.0918. The second kappa shape index (κ2) is 2.91. The number of hydrogen-bond donors (Lipinski definition) is 1. The Morgan fingerprint density at radius 1 is 1.43 bits per heavy atom. The molecule has 2 bridgehead atoms. The van der Waals surface area contributed by atoms with Crippen LogP contribution in [0.15, 0.2) is 0 Å². The zero-order valence-corrected chi connectivity index (χ0v) is 8.04. The minimum Gasteiger partial charge on any atom is -0.481 e. The van der Waals surface area contributed by atoms with Crippen molar-refractivity contribution in [3.05, 3.63) is 0 Å².